The van der Waals surface area contributed by atoms with Crippen LogP contribution in [0.4, 0.5) is 0 Å². The lowest BCUT2D eigenvalue weighted by molar-refractivity contribution is 1.63. The molecular formula is C3H3Cl2. The Kier molecular flexibility index (Phi) is 2.71. The highest BCUT2D eigenvalue weighted by Crippen LogP contribution is 1.98. The van der Waals surface area contributed by atoms with E-state index in [1.807, 2.05) is 0 Å². The van der Waals surface area contributed by atoms with E-state index in [9.17, 15) is 0 Å². The van der Waals surface area contributed by atoms with Crippen LogP contribution in [0, 0.1) is 6.58 Å². The molecule has 5 heavy (non-hydrogen) atoms. The molecular weight excluding hydrogens is 107 g/mol. The lowest BCUT2D eigenvalue weighted by atomic mass is 10.8. The Morgan fingerprint density at radius 2 is 1.80 bits per heavy atom. The summed E-state index contributed by atoms with van der Waals surface area (Å²) < 4.78 is 0. The number of halogens is 2. The van der Waals surface area contributed by atoms with Crippen molar-refractivity contribution in [2.75, 3.05) is 0 Å². The molecule has 0 atom stereocenters. The van der Waals surface area contributed by atoms with Gasteiger partial charge in [0.1, 0.15) is 4.84 Å². The molecule has 0 aliphatic carbocycles. The maximum atomic E-state index is 5.05. The van der Waals surface area contributed by atoms with Crippen molar-refractivity contribution in [2.45, 2.75) is 4.84 Å². The zero-order valence-corrected chi connectivity index (χ0v) is 4.00. The van der Waals surface area contributed by atoms with E-state index < -0.39 is 4.84 Å². The molecule has 0 bridgehead atoms. The first-order valence-electron chi connectivity index (χ1n) is 1.10. The van der Waals surface area contributed by atoms with Gasteiger partial charge >= 0.3 is 0 Å². The standard InChI is InChI=1S/C3H3Cl2/c1-2-3(4)5/h1-3H. The molecule has 1 radical (unpaired) electrons. The highest BCUT2D eigenvalue weighted by molar-refractivity contribution is 6.45. The Hall–Kier alpha value is 0.320. The summed E-state index contributed by atoms with van der Waals surface area (Å²) in [5.74, 6) is 0. The highest BCUT2D eigenvalue weighted by atomic mass is 35.5. The molecule has 0 spiro atoms. The van der Waals surface area contributed by atoms with Crippen LogP contribution >= 0.6 is 23.2 Å². The van der Waals surface area contributed by atoms with Gasteiger partial charge in [-0.1, -0.05) is 12.7 Å². The van der Waals surface area contributed by atoms with Crippen molar-refractivity contribution in [2.24, 2.45) is 0 Å². The van der Waals surface area contributed by atoms with Crippen molar-refractivity contribution in [3.8, 4) is 0 Å². The SMILES string of the molecule is [CH]=CC(Cl)Cl. The minimum Gasteiger partial charge on any atom is -0.101 e. The Bertz CT molecular complexity index is 31.9. The molecule has 2 heteroatoms. The molecule has 0 saturated heterocycles. The van der Waals surface area contributed by atoms with Gasteiger partial charge in [-0.05, 0) is 0 Å². The van der Waals surface area contributed by atoms with E-state index in [1.54, 1.807) is 0 Å². The van der Waals surface area contributed by atoms with Crippen molar-refractivity contribution in [3.63, 3.8) is 0 Å². The lowest BCUT2D eigenvalue weighted by Crippen LogP contribution is -1.69. The van der Waals surface area contributed by atoms with Gasteiger partial charge in [0.05, 0.1) is 0 Å². The molecule has 0 aromatic heterocycles. The van der Waals surface area contributed by atoms with Gasteiger partial charge in [-0.2, -0.15) is 0 Å². The first-order valence-corrected chi connectivity index (χ1v) is 1.98. The van der Waals surface area contributed by atoms with Crippen LogP contribution < -0.4 is 0 Å². The third kappa shape index (κ3) is 4.32. The van der Waals surface area contributed by atoms with E-state index in [-0.39, 0.29) is 0 Å². The van der Waals surface area contributed by atoms with Crippen molar-refractivity contribution in [1.82, 2.24) is 0 Å². The smallest absolute Gasteiger partial charge is 0.101 e. The summed E-state index contributed by atoms with van der Waals surface area (Å²) in [5, 5.41) is 0. The van der Waals surface area contributed by atoms with Crippen LogP contribution in [-0.2, 0) is 0 Å². The molecule has 0 fully saturated rings. The predicted octanol–water partition coefficient (Wildman–Crippen LogP) is 1.78. The average molecular weight is 110 g/mol. The van der Waals surface area contributed by atoms with Gasteiger partial charge < -0.3 is 0 Å². The maximum Gasteiger partial charge on any atom is 0.126 e. The predicted molar refractivity (Wildman–Crippen MR) is 24.4 cm³/mol. The van der Waals surface area contributed by atoms with Crippen LogP contribution in [0.2, 0.25) is 0 Å². The molecule has 0 nitrogen and oxygen atoms in total. The molecule has 29 valence electrons. The second-order valence-electron chi connectivity index (χ2n) is 0.527. The Balaban J connectivity index is 2.83. The zero-order chi connectivity index (χ0) is 4.28. The number of hydrogen-bond acceptors (Lipinski definition) is 0. The fourth-order valence-electron chi connectivity index (χ4n) is 0. The molecule has 0 aliphatic rings. The Morgan fingerprint density at radius 3 is 1.80 bits per heavy atom. The molecule has 0 amide bonds. The number of rotatable bonds is 1. The molecule has 0 saturated carbocycles. The quantitative estimate of drug-likeness (QED) is 0.451. The molecule has 0 aromatic rings. The number of hydrogen-bond donors (Lipinski definition) is 0. The topological polar surface area (TPSA) is 0 Å². The van der Waals surface area contributed by atoms with Gasteiger partial charge in [-0.3, -0.25) is 0 Å². The third-order valence-electron chi connectivity index (χ3n) is 0.145. The Morgan fingerprint density at radius 1 is 1.60 bits per heavy atom. The van der Waals surface area contributed by atoms with E-state index in [0.29, 0.717) is 0 Å². The van der Waals surface area contributed by atoms with Crippen molar-refractivity contribution < 1.29 is 0 Å². The summed E-state index contributed by atoms with van der Waals surface area (Å²) in [6.07, 6.45) is 1.20. The Labute approximate surface area is 41.4 Å². The molecule has 0 heterocycles. The van der Waals surface area contributed by atoms with Crippen molar-refractivity contribution >= 4 is 23.2 Å². The zero-order valence-electron chi connectivity index (χ0n) is 2.49. The van der Waals surface area contributed by atoms with E-state index in [2.05, 4.69) is 0 Å². The summed E-state index contributed by atoms with van der Waals surface area (Å²) in [6, 6.07) is 0. The molecule has 0 aromatic carbocycles. The fraction of sp³-hybridized carbons (Fsp3) is 0.333. The van der Waals surface area contributed by atoms with Crippen LogP contribution in [0.3, 0.4) is 0 Å². The summed E-state index contributed by atoms with van der Waals surface area (Å²) in [5.41, 5.74) is 0. The van der Waals surface area contributed by atoms with Crippen molar-refractivity contribution in [3.05, 3.63) is 12.7 Å². The maximum absolute atomic E-state index is 5.05. The van der Waals surface area contributed by atoms with Gasteiger partial charge in [0.2, 0.25) is 0 Å². The van der Waals surface area contributed by atoms with Gasteiger partial charge in [0.25, 0.3) is 0 Å². The monoisotopic (exact) mass is 109 g/mol. The number of allylic oxidation sites excluding steroid dienone is 1. The summed E-state index contributed by atoms with van der Waals surface area (Å²) in [6.45, 7) is 4.78. The highest BCUT2D eigenvalue weighted by Gasteiger charge is 1.81. The minimum atomic E-state index is -0.519. The first kappa shape index (κ1) is 5.32. The summed E-state index contributed by atoms with van der Waals surface area (Å²) >= 11 is 10.1. The molecule has 0 N–H and O–H groups in total. The first-order chi connectivity index (χ1) is 2.27. The molecule has 0 aliphatic heterocycles. The minimum absolute atomic E-state index is 0.519. The van der Waals surface area contributed by atoms with Gasteiger partial charge in [0.15, 0.2) is 0 Å². The van der Waals surface area contributed by atoms with Crippen LogP contribution in [-0.4, -0.2) is 4.84 Å². The van der Waals surface area contributed by atoms with Crippen molar-refractivity contribution in [1.29, 1.82) is 0 Å². The lowest BCUT2D eigenvalue weighted by Gasteiger charge is -1.77. The third-order valence-corrected chi connectivity index (χ3v) is 0.436. The number of alkyl halides is 2. The second-order valence-corrected chi connectivity index (χ2v) is 1.69. The van der Waals surface area contributed by atoms with Gasteiger partial charge in [-0.25, -0.2) is 0 Å². The second kappa shape index (κ2) is 2.55. The van der Waals surface area contributed by atoms with Crippen LogP contribution in [0.15, 0.2) is 6.08 Å². The van der Waals surface area contributed by atoms with E-state index in [0.717, 1.165) is 0 Å². The van der Waals surface area contributed by atoms with Crippen LogP contribution in [0.25, 0.3) is 0 Å². The van der Waals surface area contributed by atoms with E-state index in [4.69, 9.17) is 29.8 Å². The van der Waals surface area contributed by atoms with E-state index >= 15 is 0 Å². The van der Waals surface area contributed by atoms with Gasteiger partial charge in [-0.15, -0.1) is 23.2 Å². The van der Waals surface area contributed by atoms with E-state index in [1.165, 1.54) is 6.08 Å². The normalized spacial score (nSPS) is 8.60. The van der Waals surface area contributed by atoms with Crippen LogP contribution in [0.5, 0.6) is 0 Å². The van der Waals surface area contributed by atoms with Crippen LogP contribution in [0.1, 0.15) is 0 Å². The summed E-state index contributed by atoms with van der Waals surface area (Å²) in [4.78, 5) is -0.519. The fourth-order valence-corrected chi connectivity index (χ4v) is 0. The molecule has 0 unspecified atom stereocenters. The summed E-state index contributed by atoms with van der Waals surface area (Å²) in [7, 11) is 0. The average Bonchev–Trinajstić information content (AvgIpc) is 1.38. The van der Waals surface area contributed by atoms with Gasteiger partial charge in [0, 0.05) is 0 Å². The molecule has 0 rings (SSSR count). The largest absolute Gasteiger partial charge is 0.126 e.